The highest BCUT2D eigenvalue weighted by Crippen LogP contribution is 2.23. The molecule has 104 valence electrons. The molecule has 3 rings (SSSR count). The third-order valence-corrected chi connectivity index (χ3v) is 3.57. The van der Waals surface area contributed by atoms with Crippen molar-refractivity contribution in [3.05, 3.63) is 58.1 Å². The molecule has 0 aliphatic rings. The van der Waals surface area contributed by atoms with Gasteiger partial charge in [-0.15, -0.1) is 12.4 Å². The number of hydrogen-bond acceptors (Lipinski definition) is 2. The second kappa shape index (κ2) is 6.35. The van der Waals surface area contributed by atoms with E-state index in [0.717, 1.165) is 22.5 Å². The highest BCUT2D eigenvalue weighted by atomic mass is 35.5. The summed E-state index contributed by atoms with van der Waals surface area (Å²) in [5, 5.41) is 4.35. The van der Waals surface area contributed by atoms with Gasteiger partial charge in [0.2, 0.25) is 5.95 Å². The van der Waals surface area contributed by atoms with Crippen LogP contribution in [0, 0.1) is 0 Å². The lowest BCUT2D eigenvalue weighted by molar-refractivity contribution is 1.10. The summed E-state index contributed by atoms with van der Waals surface area (Å²) in [4.78, 5) is 7.65. The van der Waals surface area contributed by atoms with E-state index in [-0.39, 0.29) is 12.4 Å². The van der Waals surface area contributed by atoms with Crippen molar-refractivity contribution in [2.45, 2.75) is 6.54 Å². The Morgan fingerprint density at radius 2 is 1.85 bits per heavy atom. The van der Waals surface area contributed by atoms with Gasteiger partial charge in [-0.3, -0.25) is 0 Å². The normalized spacial score (nSPS) is 10.3. The van der Waals surface area contributed by atoms with Crippen molar-refractivity contribution in [1.82, 2.24) is 9.97 Å². The largest absolute Gasteiger partial charge is 0.352 e. The van der Waals surface area contributed by atoms with Crippen molar-refractivity contribution in [1.29, 1.82) is 0 Å². The van der Waals surface area contributed by atoms with Gasteiger partial charge < -0.3 is 10.3 Å². The van der Waals surface area contributed by atoms with Gasteiger partial charge in [0.25, 0.3) is 0 Å². The summed E-state index contributed by atoms with van der Waals surface area (Å²) in [6, 6.07) is 13.5. The Balaban J connectivity index is 0.00000147. The van der Waals surface area contributed by atoms with Crippen LogP contribution in [-0.4, -0.2) is 9.97 Å². The lowest BCUT2D eigenvalue weighted by Crippen LogP contribution is -2.00. The first-order valence-corrected chi connectivity index (χ1v) is 6.60. The van der Waals surface area contributed by atoms with Crippen LogP contribution in [0.2, 0.25) is 10.0 Å². The van der Waals surface area contributed by atoms with Gasteiger partial charge in [-0.25, -0.2) is 4.98 Å². The van der Waals surface area contributed by atoms with Gasteiger partial charge in [-0.05, 0) is 29.8 Å². The number of halogens is 3. The van der Waals surface area contributed by atoms with E-state index in [0.29, 0.717) is 16.6 Å². The van der Waals surface area contributed by atoms with Crippen LogP contribution in [0.25, 0.3) is 11.0 Å². The molecule has 0 fully saturated rings. The van der Waals surface area contributed by atoms with Gasteiger partial charge in [0.05, 0.1) is 21.1 Å². The fourth-order valence-electron chi connectivity index (χ4n) is 1.87. The summed E-state index contributed by atoms with van der Waals surface area (Å²) in [5.41, 5.74) is 3.01. The van der Waals surface area contributed by atoms with E-state index in [1.165, 1.54) is 0 Å². The van der Waals surface area contributed by atoms with Crippen molar-refractivity contribution in [3.8, 4) is 0 Å². The standard InChI is InChI=1S/C14H11Cl2N3.ClH/c15-10-6-5-9(7-11(10)16)8-17-14-18-12-3-1-2-4-13(12)19-14;/h1-7H,8H2,(H2,17,18,19);1H. The van der Waals surface area contributed by atoms with E-state index in [1.807, 2.05) is 36.4 Å². The maximum atomic E-state index is 5.98. The van der Waals surface area contributed by atoms with Crippen LogP contribution in [0.1, 0.15) is 5.56 Å². The minimum Gasteiger partial charge on any atom is -0.352 e. The Kier molecular flexibility index (Phi) is 4.76. The van der Waals surface area contributed by atoms with Crippen molar-refractivity contribution in [3.63, 3.8) is 0 Å². The zero-order valence-corrected chi connectivity index (χ0v) is 12.7. The topological polar surface area (TPSA) is 40.7 Å². The number of hydrogen-bond donors (Lipinski definition) is 2. The molecule has 1 heterocycles. The number of para-hydroxylation sites is 2. The van der Waals surface area contributed by atoms with Crippen LogP contribution in [0.15, 0.2) is 42.5 Å². The van der Waals surface area contributed by atoms with Gasteiger partial charge in [0.15, 0.2) is 0 Å². The van der Waals surface area contributed by atoms with E-state index in [9.17, 15) is 0 Å². The van der Waals surface area contributed by atoms with Gasteiger partial charge >= 0.3 is 0 Å². The van der Waals surface area contributed by atoms with E-state index in [2.05, 4.69) is 15.3 Å². The molecule has 3 aromatic rings. The average molecular weight is 329 g/mol. The SMILES string of the molecule is Cl.Clc1ccc(CNc2nc3ccccc3[nH]2)cc1Cl. The maximum absolute atomic E-state index is 5.98. The van der Waals surface area contributed by atoms with E-state index in [4.69, 9.17) is 23.2 Å². The Hall–Kier alpha value is -1.42. The third kappa shape index (κ3) is 3.18. The van der Waals surface area contributed by atoms with Gasteiger partial charge in [-0.2, -0.15) is 0 Å². The number of nitrogens with zero attached hydrogens (tertiary/aromatic N) is 1. The lowest BCUT2D eigenvalue weighted by atomic mass is 10.2. The van der Waals surface area contributed by atoms with Gasteiger partial charge in [0.1, 0.15) is 0 Å². The van der Waals surface area contributed by atoms with Crippen LogP contribution < -0.4 is 5.32 Å². The maximum Gasteiger partial charge on any atom is 0.201 e. The van der Waals surface area contributed by atoms with Crippen LogP contribution >= 0.6 is 35.6 Å². The molecule has 1 aromatic heterocycles. The number of benzene rings is 2. The van der Waals surface area contributed by atoms with Gasteiger partial charge in [-0.1, -0.05) is 41.4 Å². The van der Waals surface area contributed by atoms with Crippen LogP contribution in [-0.2, 0) is 6.54 Å². The number of aromatic amines is 1. The highest BCUT2D eigenvalue weighted by molar-refractivity contribution is 6.42. The molecule has 3 nitrogen and oxygen atoms in total. The number of nitrogens with one attached hydrogen (secondary N) is 2. The predicted molar refractivity (Wildman–Crippen MR) is 87.1 cm³/mol. The first kappa shape index (κ1) is 15.0. The van der Waals surface area contributed by atoms with Crippen molar-refractivity contribution >= 4 is 52.6 Å². The number of rotatable bonds is 3. The first-order chi connectivity index (χ1) is 9.22. The average Bonchev–Trinajstić information content (AvgIpc) is 2.83. The molecular weight excluding hydrogens is 317 g/mol. The van der Waals surface area contributed by atoms with Crippen LogP contribution in [0.4, 0.5) is 5.95 Å². The molecule has 0 aliphatic carbocycles. The zero-order chi connectivity index (χ0) is 13.2. The molecule has 20 heavy (non-hydrogen) atoms. The second-order valence-corrected chi connectivity index (χ2v) is 5.02. The Morgan fingerprint density at radius 1 is 1.05 bits per heavy atom. The fraction of sp³-hybridized carbons (Fsp3) is 0.0714. The Morgan fingerprint density at radius 3 is 2.60 bits per heavy atom. The summed E-state index contributed by atoms with van der Waals surface area (Å²) in [6.45, 7) is 0.636. The second-order valence-electron chi connectivity index (χ2n) is 4.20. The first-order valence-electron chi connectivity index (χ1n) is 5.85. The van der Waals surface area contributed by atoms with Crippen molar-refractivity contribution in [2.75, 3.05) is 5.32 Å². The molecule has 2 N–H and O–H groups in total. The van der Waals surface area contributed by atoms with Crippen molar-refractivity contribution in [2.24, 2.45) is 0 Å². The summed E-state index contributed by atoms with van der Waals surface area (Å²) in [6.07, 6.45) is 0. The number of H-pyrrole nitrogens is 1. The number of imidazole rings is 1. The molecule has 0 aliphatic heterocycles. The van der Waals surface area contributed by atoms with Crippen LogP contribution in [0.5, 0.6) is 0 Å². The number of anilines is 1. The quantitative estimate of drug-likeness (QED) is 0.717. The molecular formula is C14H12Cl3N3. The summed E-state index contributed by atoms with van der Waals surface area (Å²) >= 11 is 11.9. The minimum atomic E-state index is 0. The van der Waals surface area contributed by atoms with Crippen molar-refractivity contribution < 1.29 is 0 Å². The van der Waals surface area contributed by atoms with E-state index >= 15 is 0 Å². The number of fused-ring (bicyclic) bond motifs is 1. The molecule has 2 aromatic carbocycles. The number of aromatic nitrogens is 2. The Bertz CT molecular complexity index is 692. The molecule has 0 saturated heterocycles. The molecule has 0 spiro atoms. The molecule has 0 saturated carbocycles. The molecule has 0 atom stereocenters. The smallest absolute Gasteiger partial charge is 0.201 e. The predicted octanol–water partition coefficient (Wildman–Crippen LogP) is 4.90. The van der Waals surface area contributed by atoms with E-state index in [1.54, 1.807) is 6.07 Å². The summed E-state index contributed by atoms with van der Waals surface area (Å²) in [5.74, 6) is 0.743. The van der Waals surface area contributed by atoms with Gasteiger partial charge in [0, 0.05) is 6.54 Å². The van der Waals surface area contributed by atoms with E-state index < -0.39 is 0 Å². The Labute approximate surface area is 132 Å². The molecule has 0 bridgehead atoms. The molecule has 6 heteroatoms. The highest BCUT2D eigenvalue weighted by Gasteiger charge is 2.03. The summed E-state index contributed by atoms with van der Waals surface area (Å²) in [7, 11) is 0. The summed E-state index contributed by atoms with van der Waals surface area (Å²) < 4.78 is 0. The lowest BCUT2D eigenvalue weighted by Gasteiger charge is -2.04. The minimum absolute atomic E-state index is 0. The van der Waals surface area contributed by atoms with Crippen LogP contribution in [0.3, 0.4) is 0 Å². The molecule has 0 radical (unpaired) electrons. The fourth-order valence-corrected chi connectivity index (χ4v) is 2.19. The third-order valence-electron chi connectivity index (χ3n) is 2.83. The monoisotopic (exact) mass is 327 g/mol. The molecule has 0 amide bonds. The molecule has 0 unspecified atom stereocenters. The zero-order valence-electron chi connectivity index (χ0n) is 10.4.